The van der Waals surface area contributed by atoms with Gasteiger partial charge < -0.3 is 5.32 Å². The van der Waals surface area contributed by atoms with Crippen LogP contribution in [0.15, 0.2) is 47.4 Å². The van der Waals surface area contributed by atoms with Crippen LogP contribution in [0.3, 0.4) is 0 Å². The molecule has 2 rings (SSSR count). The Morgan fingerprint density at radius 3 is 2.35 bits per heavy atom. The molecule has 0 fully saturated rings. The minimum atomic E-state index is -3.70. The summed E-state index contributed by atoms with van der Waals surface area (Å²) < 4.78 is 27.7. The van der Waals surface area contributed by atoms with Crippen LogP contribution in [-0.4, -0.2) is 20.9 Å². The van der Waals surface area contributed by atoms with Crippen molar-refractivity contribution in [3.05, 3.63) is 59.2 Å². The second kappa shape index (κ2) is 8.85. The highest BCUT2D eigenvalue weighted by molar-refractivity contribution is 7.92. The van der Waals surface area contributed by atoms with Gasteiger partial charge in [0.25, 0.3) is 15.9 Å². The number of carbonyl (C=O) groups is 1. The maximum Gasteiger partial charge on any atom is 0.261 e. The SMILES string of the molecule is CCCCCNC(=O)c1cccc(NS(=O)(=O)c2ccc(C)cc2)c1C. The van der Waals surface area contributed by atoms with Gasteiger partial charge in [0.15, 0.2) is 0 Å². The first-order valence-electron chi connectivity index (χ1n) is 8.82. The molecule has 0 bridgehead atoms. The van der Waals surface area contributed by atoms with Crippen LogP contribution in [0.4, 0.5) is 5.69 Å². The van der Waals surface area contributed by atoms with Crippen LogP contribution < -0.4 is 10.0 Å². The summed E-state index contributed by atoms with van der Waals surface area (Å²) >= 11 is 0. The number of rotatable bonds is 8. The summed E-state index contributed by atoms with van der Waals surface area (Å²) in [6.07, 6.45) is 3.09. The lowest BCUT2D eigenvalue weighted by Crippen LogP contribution is -2.25. The molecule has 26 heavy (non-hydrogen) atoms. The molecular formula is C20H26N2O3S. The largest absolute Gasteiger partial charge is 0.352 e. The van der Waals surface area contributed by atoms with Crippen LogP contribution in [0.1, 0.15) is 47.7 Å². The van der Waals surface area contributed by atoms with E-state index in [4.69, 9.17) is 0 Å². The molecule has 0 spiro atoms. The quantitative estimate of drug-likeness (QED) is 0.685. The van der Waals surface area contributed by atoms with Crippen LogP contribution in [0.2, 0.25) is 0 Å². The summed E-state index contributed by atoms with van der Waals surface area (Å²) in [4.78, 5) is 12.6. The zero-order valence-corrected chi connectivity index (χ0v) is 16.3. The first kappa shape index (κ1) is 20.0. The van der Waals surface area contributed by atoms with Gasteiger partial charge in [-0.3, -0.25) is 9.52 Å². The summed E-state index contributed by atoms with van der Waals surface area (Å²) in [5.74, 6) is -0.185. The van der Waals surface area contributed by atoms with Crippen molar-refractivity contribution in [1.29, 1.82) is 0 Å². The highest BCUT2D eigenvalue weighted by atomic mass is 32.2. The molecule has 2 N–H and O–H groups in total. The third-order valence-electron chi connectivity index (χ3n) is 4.22. The maximum atomic E-state index is 12.6. The van der Waals surface area contributed by atoms with Crippen molar-refractivity contribution in [2.45, 2.75) is 44.9 Å². The van der Waals surface area contributed by atoms with Gasteiger partial charge in [0.1, 0.15) is 0 Å². The molecule has 0 unspecified atom stereocenters. The summed E-state index contributed by atoms with van der Waals surface area (Å²) in [5.41, 5.74) is 2.48. The van der Waals surface area contributed by atoms with Crippen LogP contribution in [0.5, 0.6) is 0 Å². The van der Waals surface area contributed by atoms with Crippen LogP contribution in [-0.2, 0) is 10.0 Å². The molecule has 2 aromatic carbocycles. The first-order valence-corrected chi connectivity index (χ1v) is 10.3. The molecule has 140 valence electrons. The average Bonchev–Trinajstić information content (AvgIpc) is 2.60. The highest BCUT2D eigenvalue weighted by Crippen LogP contribution is 2.23. The monoisotopic (exact) mass is 374 g/mol. The van der Waals surface area contributed by atoms with Crippen LogP contribution in [0, 0.1) is 13.8 Å². The Kier molecular flexibility index (Phi) is 6.80. The lowest BCUT2D eigenvalue weighted by Gasteiger charge is -2.14. The van der Waals surface area contributed by atoms with Crippen LogP contribution >= 0.6 is 0 Å². The van der Waals surface area contributed by atoms with Crippen molar-refractivity contribution < 1.29 is 13.2 Å². The average molecular weight is 375 g/mol. The number of carbonyl (C=O) groups excluding carboxylic acids is 1. The van der Waals surface area contributed by atoms with Crippen molar-refractivity contribution >= 4 is 21.6 Å². The molecule has 0 aromatic heterocycles. The normalized spacial score (nSPS) is 11.2. The number of anilines is 1. The Balaban J connectivity index is 2.18. The molecule has 0 saturated heterocycles. The molecule has 0 radical (unpaired) electrons. The summed E-state index contributed by atoms with van der Waals surface area (Å²) in [7, 11) is -3.70. The number of hydrogen-bond donors (Lipinski definition) is 2. The number of amides is 1. The topological polar surface area (TPSA) is 75.3 Å². The number of aryl methyl sites for hydroxylation is 1. The van der Waals surface area contributed by atoms with E-state index in [1.807, 2.05) is 6.92 Å². The van der Waals surface area contributed by atoms with E-state index in [0.29, 0.717) is 23.4 Å². The Hall–Kier alpha value is -2.34. The zero-order chi connectivity index (χ0) is 19.2. The fraction of sp³-hybridized carbons (Fsp3) is 0.350. The number of unbranched alkanes of at least 4 members (excludes halogenated alkanes) is 2. The number of nitrogens with one attached hydrogen (secondary N) is 2. The van der Waals surface area contributed by atoms with Gasteiger partial charge in [-0.15, -0.1) is 0 Å². The number of sulfonamides is 1. The van der Waals surface area contributed by atoms with Gasteiger partial charge >= 0.3 is 0 Å². The van der Waals surface area contributed by atoms with Gasteiger partial charge in [-0.25, -0.2) is 8.42 Å². The predicted octanol–water partition coefficient (Wildman–Crippen LogP) is 4.02. The van der Waals surface area contributed by atoms with E-state index in [9.17, 15) is 13.2 Å². The van der Waals surface area contributed by atoms with Crippen molar-refractivity contribution in [3.63, 3.8) is 0 Å². The van der Waals surface area contributed by atoms with Crippen LogP contribution in [0.25, 0.3) is 0 Å². The predicted molar refractivity (Wildman–Crippen MR) is 105 cm³/mol. The highest BCUT2D eigenvalue weighted by Gasteiger charge is 2.17. The molecule has 0 aliphatic heterocycles. The molecule has 6 heteroatoms. The number of hydrogen-bond acceptors (Lipinski definition) is 3. The second-order valence-electron chi connectivity index (χ2n) is 6.36. The fourth-order valence-electron chi connectivity index (χ4n) is 2.59. The van der Waals surface area contributed by atoms with Gasteiger partial charge in [-0.05, 0) is 50.1 Å². The molecule has 0 aliphatic carbocycles. The molecule has 1 amide bonds. The third-order valence-corrected chi connectivity index (χ3v) is 5.60. The van der Waals surface area contributed by atoms with Crippen molar-refractivity contribution in [2.75, 3.05) is 11.3 Å². The Bertz CT molecular complexity index is 859. The van der Waals surface area contributed by atoms with Crippen molar-refractivity contribution in [3.8, 4) is 0 Å². The van der Waals surface area contributed by atoms with E-state index in [1.165, 1.54) is 0 Å². The van der Waals surface area contributed by atoms with Gasteiger partial charge in [0.05, 0.1) is 10.6 Å². The second-order valence-corrected chi connectivity index (χ2v) is 8.04. The lowest BCUT2D eigenvalue weighted by molar-refractivity contribution is 0.0952. The van der Waals surface area contributed by atoms with Gasteiger partial charge in [-0.2, -0.15) is 0 Å². The molecular weight excluding hydrogens is 348 g/mol. The molecule has 2 aromatic rings. The summed E-state index contributed by atoms with van der Waals surface area (Å²) in [6, 6.07) is 11.7. The van der Waals surface area contributed by atoms with E-state index < -0.39 is 10.0 Å². The van der Waals surface area contributed by atoms with E-state index >= 15 is 0 Å². The molecule has 0 aliphatic rings. The Morgan fingerprint density at radius 1 is 1.00 bits per heavy atom. The van der Waals surface area contributed by atoms with Crippen molar-refractivity contribution in [2.24, 2.45) is 0 Å². The fourth-order valence-corrected chi connectivity index (χ4v) is 3.71. The smallest absolute Gasteiger partial charge is 0.261 e. The lowest BCUT2D eigenvalue weighted by atomic mass is 10.1. The number of benzene rings is 2. The third kappa shape index (κ3) is 5.08. The van der Waals surface area contributed by atoms with Crippen molar-refractivity contribution in [1.82, 2.24) is 5.32 Å². The molecule has 5 nitrogen and oxygen atoms in total. The van der Waals surface area contributed by atoms with Gasteiger partial charge in [-0.1, -0.05) is 43.5 Å². The molecule has 0 atom stereocenters. The minimum Gasteiger partial charge on any atom is -0.352 e. The maximum absolute atomic E-state index is 12.6. The summed E-state index contributed by atoms with van der Waals surface area (Å²) in [5, 5.41) is 2.89. The molecule has 0 saturated carbocycles. The summed E-state index contributed by atoms with van der Waals surface area (Å²) in [6.45, 7) is 6.37. The van der Waals surface area contributed by atoms with Gasteiger partial charge in [0.2, 0.25) is 0 Å². The van der Waals surface area contributed by atoms with Gasteiger partial charge in [0, 0.05) is 12.1 Å². The first-order chi connectivity index (χ1) is 12.3. The van der Waals surface area contributed by atoms with E-state index in [2.05, 4.69) is 17.0 Å². The molecule has 0 heterocycles. The van der Waals surface area contributed by atoms with E-state index in [1.54, 1.807) is 49.4 Å². The van der Waals surface area contributed by atoms with E-state index in [0.717, 1.165) is 24.8 Å². The van der Waals surface area contributed by atoms with E-state index in [-0.39, 0.29) is 10.8 Å². The zero-order valence-electron chi connectivity index (χ0n) is 15.5. The Labute approximate surface area is 155 Å². The standard InChI is InChI=1S/C20H26N2O3S/c1-4-5-6-14-21-20(23)18-8-7-9-19(16(18)3)22-26(24,25)17-12-10-15(2)11-13-17/h7-13,22H,4-6,14H2,1-3H3,(H,21,23). The minimum absolute atomic E-state index is 0.185. The Morgan fingerprint density at radius 2 is 1.69 bits per heavy atom.